The van der Waals surface area contributed by atoms with Gasteiger partial charge in [0.05, 0.1) is 24.8 Å². The minimum absolute atomic E-state index is 0.0462. The highest BCUT2D eigenvalue weighted by Gasteiger charge is 2.38. The number of carbonyl (C=O) groups excluding carboxylic acids is 4. The van der Waals surface area contributed by atoms with Crippen molar-refractivity contribution in [2.45, 2.75) is 71.5 Å². The molecule has 4 heterocycles. The third kappa shape index (κ3) is 10.4. The Bertz CT molecular complexity index is 1670. The average Bonchev–Trinajstić information content (AvgIpc) is 3.77. The topological polar surface area (TPSA) is 196 Å². The maximum Gasteiger partial charge on any atom is 0.290 e. The van der Waals surface area contributed by atoms with E-state index in [-0.39, 0.29) is 66.9 Å². The molecule has 2 aliphatic heterocycles. The van der Waals surface area contributed by atoms with Crippen LogP contribution in [0.15, 0.2) is 40.1 Å². The number of fused-ring (bicyclic) bond motifs is 4. The van der Waals surface area contributed by atoms with E-state index in [1.165, 1.54) is 11.3 Å². The minimum atomic E-state index is -0.800. The lowest BCUT2D eigenvalue weighted by atomic mass is 9.99. The average molecular weight is 740 g/mol. The van der Waals surface area contributed by atoms with Gasteiger partial charge in [-0.05, 0) is 38.7 Å². The Morgan fingerprint density at radius 3 is 2.42 bits per heavy atom. The summed E-state index contributed by atoms with van der Waals surface area (Å²) in [6.45, 7) is 12.3. The number of nitrogens with one attached hydrogen (secondary N) is 3. The van der Waals surface area contributed by atoms with Gasteiger partial charge in [-0.3, -0.25) is 28.9 Å². The first kappa shape index (κ1) is 40.1. The summed E-state index contributed by atoms with van der Waals surface area (Å²) < 4.78 is 11.5. The molecule has 0 aliphatic carbocycles. The van der Waals surface area contributed by atoms with E-state index in [0.29, 0.717) is 56.5 Å². The standard InChI is InChI=1S/C35H47N7O6S.CH2O2/c1-22(2)28-33-38-26(21-49-33)30(44)36-13-15-41(34(46)35(4,5)42-16-18-47-19-17-42)14-9-12-27(43)37-25(20-24-10-7-6-8-11-24)32-40-29(23(3)48-32)31(45)39-28;2-1-3/h6-8,10-11,21-22,25,28H,9,12-20H2,1-5H3,(H,36,44)(H,37,43)(H,39,45);1H,(H,2,3)/t25-,28-;/m0./s1. The number of aromatic nitrogens is 2. The first-order valence-electron chi connectivity index (χ1n) is 17.4. The van der Waals surface area contributed by atoms with E-state index >= 15 is 0 Å². The van der Waals surface area contributed by atoms with Crippen LogP contribution in [-0.4, -0.2) is 106 Å². The van der Waals surface area contributed by atoms with Gasteiger partial charge < -0.3 is 35.1 Å². The number of oxazole rings is 1. The first-order valence-corrected chi connectivity index (χ1v) is 18.3. The fourth-order valence-electron chi connectivity index (χ4n) is 6.14. The molecule has 0 unspecified atom stereocenters. The number of hydrogen-bond donors (Lipinski definition) is 4. The maximum atomic E-state index is 14.0. The lowest BCUT2D eigenvalue weighted by molar-refractivity contribution is -0.145. The predicted octanol–water partition coefficient (Wildman–Crippen LogP) is 3.13. The summed E-state index contributed by atoms with van der Waals surface area (Å²) in [4.78, 5) is 75.5. The molecule has 4 bridgehead atoms. The van der Waals surface area contributed by atoms with E-state index in [9.17, 15) is 19.2 Å². The summed E-state index contributed by atoms with van der Waals surface area (Å²) in [5.41, 5.74) is 0.522. The Balaban J connectivity index is 0.00000195. The van der Waals surface area contributed by atoms with Crippen LogP contribution in [-0.2, 0) is 25.5 Å². The van der Waals surface area contributed by atoms with Gasteiger partial charge >= 0.3 is 0 Å². The van der Waals surface area contributed by atoms with E-state index in [1.54, 1.807) is 17.2 Å². The number of carboxylic acid groups (broad SMARTS) is 1. The van der Waals surface area contributed by atoms with Gasteiger partial charge in [-0.1, -0.05) is 44.2 Å². The number of amides is 4. The van der Waals surface area contributed by atoms with Crippen molar-refractivity contribution in [3.05, 3.63) is 69.3 Å². The number of benzene rings is 1. The smallest absolute Gasteiger partial charge is 0.290 e. The summed E-state index contributed by atoms with van der Waals surface area (Å²) >= 11 is 1.29. The molecule has 4 N–H and O–H groups in total. The lowest BCUT2D eigenvalue weighted by Crippen LogP contribution is -2.59. The number of carbonyl (C=O) groups is 5. The third-order valence-corrected chi connectivity index (χ3v) is 9.96. The van der Waals surface area contributed by atoms with Crippen LogP contribution < -0.4 is 16.0 Å². The van der Waals surface area contributed by atoms with Gasteiger partial charge in [-0.25, -0.2) is 9.97 Å². The van der Waals surface area contributed by atoms with Crippen LogP contribution in [0.1, 0.15) is 95.8 Å². The van der Waals surface area contributed by atoms with Gasteiger partial charge in [0.1, 0.15) is 22.5 Å². The third-order valence-electron chi connectivity index (χ3n) is 9.03. The summed E-state index contributed by atoms with van der Waals surface area (Å²) in [5.74, 6) is -0.610. The summed E-state index contributed by atoms with van der Waals surface area (Å²) in [5, 5.41) is 18.1. The quantitative estimate of drug-likeness (QED) is 0.281. The molecule has 5 rings (SSSR count). The van der Waals surface area contributed by atoms with Crippen molar-refractivity contribution in [1.82, 2.24) is 35.7 Å². The Labute approximate surface area is 307 Å². The van der Waals surface area contributed by atoms with Crippen LogP contribution in [0.5, 0.6) is 0 Å². The van der Waals surface area contributed by atoms with Crippen molar-refractivity contribution in [3.63, 3.8) is 0 Å². The van der Waals surface area contributed by atoms with E-state index < -0.39 is 23.5 Å². The molecular weight excluding hydrogens is 691 g/mol. The van der Waals surface area contributed by atoms with Crippen molar-refractivity contribution in [3.8, 4) is 0 Å². The van der Waals surface area contributed by atoms with Crippen molar-refractivity contribution >= 4 is 41.4 Å². The van der Waals surface area contributed by atoms with Gasteiger partial charge in [0.25, 0.3) is 18.3 Å². The summed E-state index contributed by atoms with van der Waals surface area (Å²) in [7, 11) is 0. The van der Waals surface area contributed by atoms with Crippen molar-refractivity contribution < 1.29 is 38.2 Å². The summed E-state index contributed by atoms with van der Waals surface area (Å²) in [6.07, 6.45) is 0.944. The molecule has 1 fully saturated rings. The van der Waals surface area contributed by atoms with Crippen molar-refractivity contribution in [2.75, 3.05) is 45.9 Å². The Morgan fingerprint density at radius 2 is 1.75 bits per heavy atom. The molecule has 3 aromatic rings. The number of nitrogens with zero attached hydrogens (tertiary/aromatic N) is 4. The highest BCUT2D eigenvalue weighted by molar-refractivity contribution is 7.09. The molecule has 15 nitrogen and oxygen atoms in total. The fraction of sp³-hybridized carbons (Fsp3) is 0.528. The molecule has 2 aromatic heterocycles. The molecule has 2 aliphatic rings. The normalized spacial score (nSPS) is 19.8. The maximum absolute atomic E-state index is 14.0. The van der Waals surface area contributed by atoms with Crippen LogP contribution in [0.3, 0.4) is 0 Å². The van der Waals surface area contributed by atoms with Crippen molar-refractivity contribution in [2.24, 2.45) is 5.92 Å². The molecule has 0 saturated carbocycles. The number of aryl methyl sites for hydroxylation is 1. The lowest BCUT2D eigenvalue weighted by Gasteiger charge is -2.42. The number of hydrogen-bond acceptors (Lipinski definition) is 11. The van der Waals surface area contributed by atoms with Gasteiger partial charge in [-0.15, -0.1) is 11.3 Å². The van der Waals surface area contributed by atoms with Crippen LogP contribution in [0.2, 0.25) is 0 Å². The molecule has 16 heteroatoms. The Morgan fingerprint density at radius 1 is 1.06 bits per heavy atom. The molecule has 0 spiro atoms. The van der Waals surface area contributed by atoms with Gasteiger partial charge in [0.2, 0.25) is 17.7 Å². The first-order chi connectivity index (χ1) is 24.8. The van der Waals surface area contributed by atoms with Crippen LogP contribution in [0.25, 0.3) is 0 Å². The van der Waals surface area contributed by atoms with Crippen LogP contribution >= 0.6 is 11.3 Å². The highest BCUT2D eigenvalue weighted by atomic mass is 32.1. The molecule has 52 heavy (non-hydrogen) atoms. The van der Waals surface area contributed by atoms with Gasteiger partial charge in [0.15, 0.2) is 5.69 Å². The zero-order valence-corrected chi connectivity index (χ0v) is 31.2. The molecule has 1 saturated heterocycles. The number of rotatable bonds is 5. The molecule has 1 aromatic carbocycles. The highest BCUT2D eigenvalue weighted by Crippen LogP contribution is 2.27. The number of thiazole rings is 1. The van der Waals surface area contributed by atoms with E-state index in [2.05, 4.69) is 30.8 Å². The second-order valence-electron chi connectivity index (χ2n) is 13.4. The van der Waals surface area contributed by atoms with E-state index in [0.717, 1.165) is 5.56 Å². The van der Waals surface area contributed by atoms with E-state index in [4.69, 9.17) is 19.1 Å². The largest absolute Gasteiger partial charge is 0.483 e. The van der Waals surface area contributed by atoms with E-state index in [1.807, 2.05) is 58.0 Å². The zero-order chi connectivity index (χ0) is 37.8. The summed E-state index contributed by atoms with van der Waals surface area (Å²) in [6, 6.07) is 8.57. The van der Waals surface area contributed by atoms with Crippen LogP contribution in [0.4, 0.5) is 0 Å². The second-order valence-corrected chi connectivity index (χ2v) is 14.3. The predicted molar refractivity (Wildman–Crippen MR) is 193 cm³/mol. The minimum Gasteiger partial charge on any atom is -0.483 e. The van der Waals surface area contributed by atoms with Crippen LogP contribution in [0, 0.1) is 12.8 Å². The molecule has 0 radical (unpaired) electrons. The monoisotopic (exact) mass is 739 g/mol. The van der Waals surface area contributed by atoms with Gasteiger partial charge in [0, 0.05) is 50.9 Å². The SMILES string of the molecule is Cc1oc2nc1C(=O)N[C@@H](C(C)C)c1nc(cs1)C(=O)NCCN(C(=O)C(C)(C)N1CCOCC1)CCCC(=O)N[C@H]2Cc1ccccc1.O=CO. The second kappa shape index (κ2) is 18.7. The Hall–Kier alpha value is -4.67. The number of morpholine rings is 1. The molecule has 2 atom stereocenters. The van der Waals surface area contributed by atoms with Crippen molar-refractivity contribution in [1.29, 1.82) is 0 Å². The Kier molecular flexibility index (Phi) is 14.4. The zero-order valence-electron chi connectivity index (χ0n) is 30.3. The molecule has 4 amide bonds. The van der Waals surface area contributed by atoms with Gasteiger partial charge in [-0.2, -0.15) is 0 Å². The number of ether oxygens (including phenoxy) is 1. The molecular formula is C36H49N7O8S. The fourth-order valence-corrected chi connectivity index (χ4v) is 7.16. The molecule has 282 valence electrons.